The maximum absolute atomic E-state index is 12.8. The number of amides is 2. The molecule has 1 atom stereocenters. The Morgan fingerprint density at radius 3 is 2.50 bits per heavy atom. The summed E-state index contributed by atoms with van der Waals surface area (Å²) in [5, 5.41) is 2.80. The van der Waals surface area contributed by atoms with Gasteiger partial charge in [0, 0.05) is 18.4 Å². The Bertz CT molecular complexity index is 1260. The van der Waals surface area contributed by atoms with E-state index >= 15 is 0 Å². The van der Waals surface area contributed by atoms with Crippen LogP contribution in [0.3, 0.4) is 0 Å². The predicted octanol–water partition coefficient (Wildman–Crippen LogP) is 2.55. The lowest BCUT2D eigenvalue weighted by molar-refractivity contribution is -0.119. The van der Waals surface area contributed by atoms with E-state index in [1.54, 1.807) is 50.9 Å². The molecule has 10 heteroatoms. The van der Waals surface area contributed by atoms with E-state index < -0.39 is 17.6 Å². The van der Waals surface area contributed by atoms with Crippen LogP contribution in [0, 0.1) is 0 Å². The third-order valence-electron chi connectivity index (χ3n) is 5.26. The summed E-state index contributed by atoms with van der Waals surface area (Å²) in [6.45, 7) is 5.64. The van der Waals surface area contributed by atoms with Crippen LogP contribution < -0.4 is 16.0 Å². The number of rotatable bonds is 8. The molecule has 0 aliphatic heterocycles. The summed E-state index contributed by atoms with van der Waals surface area (Å²) in [4.78, 5) is 48.0. The number of carbonyl (C=O) groups is 3. The fourth-order valence-electron chi connectivity index (χ4n) is 3.50. The average molecular weight is 495 g/mol. The molecule has 0 saturated carbocycles. The Labute approximate surface area is 210 Å². The highest BCUT2D eigenvalue weighted by Crippen LogP contribution is 2.20. The number of hydrogen-bond donors (Lipinski definition) is 3. The van der Waals surface area contributed by atoms with Gasteiger partial charge in [0.25, 0.3) is 0 Å². The molecular formula is C26H34N6O4. The van der Waals surface area contributed by atoms with Gasteiger partial charge in [-0.2, -0.15) is 0 Å². The molecule has 0 aliphatic carbocycles. The highest BCUT2D eigenvalue weighted by molar-refractivity contribution is 5.97. The van der Waals surface area contributed by atoms with Crippen molar-refractivity contribution in [1.82, 2.24) is 14.9 Å². The van der Waals surface area contributed by atoms with E-state index in [-0.39, 0.29) is 17.6 Å². The number of fused-ring (bicyclic) bond motifs is 1. The molecule has 0 bridgehead atoms. The molecule has 4 N–H and O–H groups in total. The number of likely N-dealkylation sites (N-methyl/N-ethyl adjacent to an activating group) is 2. The van der Waals surface area contributed by atoms with Gasteiger partial charge >= 0.3 is 5.97 Å². The lowest BCUT2D eigenvalue weighted by atomic mass is 10.0. The molecule has 0 aliphatic rings. The molecule has 0 saturated heterocycles. The standard InChI is InChI=1S/C26H34N6O4/c1-26(2,3)36-25(35)23-29-20-11-10-17(14-21(20)30-23)28-24(34)19(27)13-16-8-7-9-18(12-16)32(6)22(33)15-31(4)5/h7-12,14,19H,13,15,27H2,1-6H3,(H,28,34)(H,29,30)/t19-/m0/s1. The van der Waals surface area contributed by atoms with Crippen molar-refractivity contribution >= 4 is 40.2 Å². The number of carbonyl (C=O) groups excluding carboxylic acids is 3. The van der Waals surface area contributed by atoms with Gasteiger partial charge in [0.15, 0.2) is 0 Å². The molecule has 0 spiro atoms. The second-order valence-electron chi connectivity index (χ2n) is 9.98. The highest BCUT2D eigenvalue weighted by atomic mass is 16.6. The number of ether oxygens (including phenoxy) is 1. The zero-order chi connectivity index (χ0) is 26.6. The SMILES string of the molecule is CN(C)CC(=O)N(C)c1cccc(C[C@H](N)C(=O)Nc2ccc3[nH]c(C(=O)OC(C)(C)C)nc3c2)c1. The lowest BCUT2D eigenvalue weighted by Crippen LogP contribution is -2.37. The number of imidazole rings is 1. The van der Waals surface area contributed by atoms with Crippen LogP contribution in [-0.4, -0.2) is 72.0 Å². The van der Waals surface area contributed by atoms with Gasteiger partial charge in [0.2, 0.25) is 17.6 Å². The van der Waals surface area contributed by atoms with Gasteiger partial charge in [-0.3, -0.25) is 9.59 Å². The minimum Gasteiger partial charge on any atom is -0.454 e. The number of H-pyrrole nitrogens is 1. The number of aromatic amines is 1. The lowest BCUT2D eigenvalue weighted by Gasteiger charge is -2.21. The van der Waals surface area contributed by atoms with E-state index in [1.807, 2.05) is 43.3 Å². The van der Waals surface area contributed by atoms with Crippen LogP contribution in [-0.2, 0) is 20.7 Å². The summed E-state index contributed by atoms with van der Waals surface area (Å²) in [7, 11) is 5.39. The third kappa shape index (κ3) is 7.12. The second-order valence-corrected chi connectivity index (χ2v) is 9.98. The molecular weight excluding hydrogens is 460 g/mol. The molecule has 36 heavy (non-hydrogen) atoms. The van der Waals surface area contributed by atoms with Crippen LogP contribution in [0.15, 0.2) is 42.5 Å². The average Bonchev–Trinajstić information content (AvgIpc) is 3.21. The van der Waals surface area contributed by atoms with Crippen LogP contribution >= 0.6 is 0 Å². The van der Waals surface area contributed by atoms with E-state index in [9.17, 15) is 14.4 Å². The van der Waals surface area contributed by atoms with Gasteiger partial charge in [0.1, 0.15) is 5.60 Å². The zero-order valence-corrected chi connectivity index (χ0v) is 21.6. The smallest absolute Gasteiger partial charge is 0.374 e. The summed E-state index contributed by atoms with van der Waals surface area (Å²) in [5.74, 6) is -0.862. The Morgan fingerprint density at radius 1 is 1.11 bits per heavy atom. The fourth-order valence-corrected chi connectivity index (χ4v) is 3.50. The summed E-state index contributed by atoms with van der Waals surface area (Å²) in [5.41, 5.74) is 8.78. The van der Waals surface area contributed by atoms with E-state index in [4.69, 9.17) is 10.5 Å². The first-order chi connectivity index (χ1) is 16.8. The first-order valence-electron chi connectivity index (χ1n) is 11.6. The van der Waals surface area contributed by atoms with Gasteiger partial charge < -0.3 is 30.6 Å². The van der Waals surface area contributed by atoms with Crippen molar-refractivity contribution in [1.29, 1.82) is 0 Å². The zero-order valence-electron chi connectivity index (χ0n) is 21.6. The van der Waals surface area contributed by atoms with Gasteiger partial charge in [-0.25, -0.2) is 9.78 Å². The summed E-state index contributed by atoms with van der Waals surface area (Å²) >= 11 is 0. The van der Waals surface area contributed by atoms with E-state index in [0.29, 0.717) is 29.7 Å². The Hall–Kier alpha value is -3.76. The van der Waals surface area contributed by atoms with Gasteiger partial charge in [-0.15, -0.1) is 0 Å². The molecule has 192 valence electrons. The van der Waals surface area contributed by atoms with Crippen LogP contribution in [0.4, 0.5) is 11.4 Å². The van der Waals surface area contributed by atoms with Crippen molar-refractivity contribution in [3.8, 4) is 0 Å². The van der Waals surface area contributed by atoms with Crippen molar-refractivity contribution in [3.63, 3.8) is 0 Å². The van der Waals surface area contributed by atoms with Crippen molar-refractivity contribution in [2.75, 3.05) is 37.9 Å². The maximum atomic E-state index is 12.8. The summed E-state index contributed by atoms with van der Waals surface area (Å²) in [6.07, 6.45) is 0.294. The number of nitrogens with one attached hydrogen (secondary N) is 2. The van der Waals surface area contributed by atoms with Crippen LogP contribution in [0.25, 0.3) is 11.0 Å². The molecule has 10 nitrogen and oxygen atoms in total. The van der Waals surface area contributed by atoms with Gasteiger partial charge in [-0.1, -0.05) is 12.1 Å². The number of aromatic nitrogens is 2. The molecule has 1 aromatic heterocycles. The Morgan fingerprint density at radius 2 is 1.83 bits per heavy atom. The van der Waals surface area contributed by atoms with Crippen LogP contribution in [0.1, 0.15) is 37.0 Å². The number of esters is 1. The summed E-state index contributed by atoms with van der Waals surface area (Å²) < 4.78 is 5.35. The van der Waals surface area contributed by atoms with Crippen molar-refractivity contribution < 1.29 is 19.1 Å². The fraction of sp³-hybridized carbons (Fsp3) is 0.385. The first kappa shape index (κ1) is 26.8. The number of nitrogens with zero attached hydrogens (tertiary/aromatic N) is 3. The normalized spacial score (nSPS) is 12.4. The molecule has 1 heterocycles. The number of hydrogen-bond acceptors (Lipinski definition) is 7. The Kier molecular flexibility index (Phi) is 8.11. The minimum absolute atomic E-state index is 0.0391. The molecule has 2 amide bonds. The monoisotopic (exact) mass is 494 g/mol. The van der Waals surface area contributed by atoms with E-state index in [0.717, 1.165) is 11.3 Å². The topological polar surface area (TPSA) is 134 Å². The molecule has 0 fully saturated rings. The Balaban J connectivity index is 1.65. The number of nitrogens with two attached hydrogens (primary N) is 1. The molecule has 3 rings (SSSR count). The molecule has 3 aromatic rings. The van der Waals surface area contributed by atoms with E-state index in [2.05, 4.69) is 15.3 Å². The van der Waals surface area contributed by atoms with Crippen molar-refractivity contribution in [2.45, 2.75) is 38.8 Å². The first-order valence-corrected chi connectivity index (χ1v) is 11.6. The number of benzene rings is 2. The number of anilines is 2. The van der Waals surface area contributed by atoms with Crippen molar-refractivity contribution in [2.24, 2.45) is 5.73 Å². The molecule has 2 aromatic carbocycles. The second kappa shape index (κ2) is 10.9. The quantitative estimate of drug-likeness (QED) is 0.410. The third-order valence-corrected chi connectivity index (χ3v) is 5.26. The summed E-state index contributed by atoms with van der Waals surface area (Å²) in [6, 6.07) is 11.7. The minimum atomic E-state index is -0.810. The molecule has 0 unspecified atom stereocenters. The maximum Gasteiger partial charge on any atom is 0.374 e. The van der Waals surface area contributed by atoms with E-state index in [1.165, 1.54) is 0 Å². The van der Waals surface area contributed by atoms with Crippen LogP contribution in [0.2, 0.25) is 0 Å². The highest BCUT2D eigenvalue weighted by Gasteiger charge is 2.21. The van der Waals surface area contributed by atoms with Crippen molar-refractivity contribution in [3.05, 3.63) is 53.9 Å². The predicted molar refractivity (Wildman–Crippen MR) is 140 cm³/mol. The van der Waals surface area contributed by atoms with Gasteiger partial charge in [0.05, 0.1) is 23.6 Å². The molecule has 0 radical (unpaired) electrons. The van der Waals surface area contributed by atoms with Crippen LogP contribution in [0.5, 0.6) is 0 Å². The largest absolute Gasteiger partial charge is 0.454 e. The van der Waals surface area contributed by atoms with Gasteiger partial charge in [-0.05, 0) is 77.2 Å².